The van der Waals surface area contributed by atoms with E-state index < -0.39 is 0 Å². The zero-order chi connectivity index (χ0) is 11.0. The molecule has 0 radical (unpaired) electrons. The predicted molar refractivity (Wildman–Crippen MR) is 52.5 cm³/mol. The van der Waals surface area contributed by atoms with Crippen LogP contribution in [0.1, 0.15) is 34.7 Å². The third kappa shape index (κ3) is 1.87. The third-order valence-corrected chi connectivity index (χ3v) is 2.71. The number of rotatable bonds is 2. The minimum absolute atomic E-state index is 0.0844. The highest BCUT2D eigenvalue weighted by molar-refractivity contribution is 5.96. The first-order chi connectivity index (χ1) is 7.08. The van der Waals surface area contributed by atoms with Crippen LogP contribution in [0.3, 0.4) is 0 Å². The van der Waals surface area contributed by atoms with Crippen molar-refractivity contribution in [3.8, 4) is 0 Å². The molecule has 1 fully saturated rings. The third-order valence-electron chi connectivity index (χ3n) is 2.71. The number of amides is 1. The standard InChI is InChI=1S/C10H14N2O3/c1-5-9(6(2)15-12-5)10(14)11-7-3-8(13)4-7/h7-8,13H,3-4H2,1-2H3,(H,11,14). The summed E-state index contributed by atoms with van der Waals surface area (Å²) in [5.41, 5.74) is 1.11. The molecular weight excluding hydrogens is 196 g/mol. The van der Waals surface area contributed by atoms with E-state index >= 15 is 0 Å². The number of hydrogen-bond donors (Lipinski definition) is 2. The molecule has 0 atom stereocenters. The van der Waals surface area contributed by atoms with Gasteiger partial charge in [-0.1, -0.05) is 5.16 Å². The lowest BCUT2D eigenvalue weighted by atomic mass is 9.89. The molecule has 1 aliphatic rings. The smallest absolute Gasteiger partial charge is 0.257 e. The molecule has 2 N–H and O–H groups in total. The quantitative estimate of drug-likeness (QED) is 0.747. The second-order valence-electron chi connectivity index (χ2n) is 3.99. The Kier molecular flexibility index (Phi) is 2.48. The van der Waals surface area contributed by atoms with E-state index in [9.17, 15) is 4.79 Å². The van der Waals surface area contributed by atoms with Crippen molar-refractivity contribution in [2.24, 2.45) is 0 Å². The molecule has 1 aliphatic carbocycles. The van der Waals surface area contributed by atoms with Crippen LogP contribution in [0.25, 0.3) is 0 Å². The van der Waals surface area contributed by atoms with E-state index in [1.807, 2.05) is 0 Å². The first-order valence-electron chi connectivity index (χ1n) is 4.99. The molecule has 0 aromatic carbocycles. The van der Waals surface area contributed by atoms with Crippen LogP contribution >= 0.6 is 0 Å². The zero-order valence-corrected chi connectivity index (χ0v) is 8.78. The van der Waals surface area contributed by atoms with Gasteiger partial charge in [-0.05, 0) is 26.7 Å². The van der Waals surface area contributed by atoms with Crippen LogP contribution in [0, 0.1) is 13.8 Å². The average Bonchev–Trinajstić information content (AvgIpc) is 2.43. The molecule has 1 amide bonds. The van der Waals surface area contributed by atoms with Crippen LogP contribution in [-0.2, 0) is 0 Å². The van der Waals surface area contributed by atoms with Gasteiger partial charge < -0.3 is 14.9 Å². The maximum atomic E-state index is 11.8. The van der Waals surface area contributed by atoms with E-state index in [0.29, 0.717) is 29.9 Å². The second-order valence-corrected chi connectivity index (χ2v) is 3.99. The maximum absolute atomic E-state index is 11.8. The minimum atomic E-state index is -0.264. The highest BCUT2D eigenvalue weighted by Crippen LogP contribution is 2.20. The summed E-state index contributed by atoms with van der Waals surface area (Å²) in [4.78, 5) is 11.8. The summed E-state index contributed by atoms with van der Waals surface area (Å²) in [5, 5.41) is 15.6. The van der Waals surface area contributed by atoms with Crippen LogP contribution in [0.5, 0.6) is 0 Å². The number of nitrogens with zero attached hydrogens (tertiary/aromatic N) is 1. The van der Waals surface area contributed by atoms with Gasteiger partial charge in [-0.2, -0.15) is 0 Å². The van der Waals surface area contributed by atoms with Gasteiger partial charge in [0.2, 0.25) is 0 Å². The molecule has 0 saturated heterocycles. The Bertz CT molecular complexity index is 361. The van der Waals surface area contributed by atoms with Crippen LogP contribution in [0.4, 0.5) is 0 Å². The summed E-state index contributed by atoms with van der Waals surface area (Å²) in [5.74, 6) is 0.369. The van der Waals surface area contributed by atoms with Crippen molar-refractivity contribution in [1.29, 1.82) is 0 Å². The number of aliphatic hydroxyl groups excluding tert-OH is 1. The molecule has 5 heteroatoms. The Morgan fingerprint density at radius 1 is 1.53 bits per heavy atom. The molecule has 82 valence electrons. The fourth-order valence-electron chi connectivity index (χ4n) is 1.77. The predicted octanol–water partition coefficient (Wildman–Crippen LogP) is 0.545. The van der Waals surface area contributed by atoms with Gasteiger partial charge in [0.15, 0.2) is 0 Å². The zero-order valence-electron chi connectivity index (χ0n) is 8.78. The van der Waals surface area contributed by atoms with Crippen molar-refractivity contribution < 1.29 is 14.4 Å². The average molecular weight is 210 g/mol. The first kappa shape index (κ1) is 10.2. The summed E-state index contributed by atoms with van der Waals surface area (Å²) < 4.78 is 4.91. The molecule has 0 aliphatic heterocycles. The molecule has 1 heterocycles. The van der Waals surface area contributed by atoms with E-state index in [1.165, 1.54) is 0 Å². The Balaban J connectivity index is 2.02. The first-order valence-corrected chi connectivity index (χ1v) is 4.99. The van der Waals surface area contributed by atoms with Gasteiger partial charge in [-0.15, -0.1) is 0 Å². The summed E-state index contributed by atoms with van der Waals surface area (Å²) in [6.07, 6.45) is 1.00. The van der Waals surface area contributed by atoms with Crippen molar-refractivity contribution in [2.45, 2.75) is 38.8 Å². The van der Waals surface area contributed by atoms with Gasteiger partial charge in [-0.25, -0.2) is 0 Å². The lowest BCUT2D eigenvalue weighted by Gasteiger charge is -2.31. The van der Waals surface area contributed by atoms with Crippen molar-refractivity contribution in [3.63, 3.8) is 0 Å². The summed E-state index contributed by atoms with van der Waals surface area (Å²) in [6.45, 7) is 3.45. The Morgan fingerprint density at radius 2 is 2.20 bits per heavy atom. The van der Waals surface area contributed by atoms with Gasteiger partial charge in [0.25, 0.3) is 5.91 Å². The van der Waals surface area contributed by atoms with E-state index in [0.717, 1.165) is 0 Å². The lowest BCUT2D eigenvalue weighted by molar-refractivity contribution is 0.0562. The maximum Gasteiger partial charge on any atom is 0.257 e. The molecule has 5 nitrogen and oxygen atoms in total. The van der Waals surface area contributed by atoms with Gasteiger partial charge in [0.1, 0.15) is 11.3 Å². The van der Waals surface area contributed by atoms with Crippen LogP contribution in [0.2, 0.25) is 0 Å². The van der Waals surface area contributed by atoms with Crippen molar-refractivity contribution in [1.82, 2.24) is 10.5 Å². The largest absolute Gasteiger partial charge is 0.393 e. The molecule has 1 saturated carbocycles. The van der Waals surface area contributed by atoms with Gasteiger partial charge in [0.05, 0.1) is 11.8 Å². The molecular formula is C10H14N2O3. The van der Waals surface area contributed by atoms with Gasteiger partial charge >= 0.3 is 0 Å². The fourth-order valence-corrected chi connectivity index (χ4v) is 1.77. The number of carbonyl (C=O) groups is 1. The number of aryl methyl sites for hydroxylation is 2. The van der Waals surface area contributed by atoms with Crippen molar-refractivity contribution >= 4 is 5.91 Å². The molecule has 0 bridgehead atoms. The Morgan fingerprint density at radius 3 is 2.67 bits per heavy atom. The van der Waals surface area contributed by atoms with Crippen LogP contribution in [-0.4, -0.2) is 28.3 Å². The van der Waals surface area contributed by atoms with Crippen molar-refractivity contribution in [3.05, 3.63) is 17.0 Å². The second kappa shape index (κ2) is 3.66. The Hall–Kier alpha value is -1.36. The van der Waals surface area contributed by atoms with E-state index in [4.69, 9.17) is 9.63 Å². The minimum Gasteiger partial charge on any atom is -0.393 e. The molecule has 1 aromatic heterocycles. The van der Waals surface area contributed by atoms with Gasteiger partial charge in [-0.3, -0.25) is 4.79 Å². The highest BCUT2D eigenvalue weighted by Gasteiger charge is 2.30. The van der Waals surface area contributed by atoms with E-state index in [2.05, 4.69) is 10.5 Å². The van der Waals surface area contributed by atoms with E-state index in [1.54, 1.807) is 13.8 Å². The van der Waals surface area contributed by atoms with Crippen LogP contribution < -0.4 is 5.32 Å². The monoisotopic (exact) mass is 210 g/mol. The number of nitrogens with one attached hydrogen (secondary N) is 1. The lowest BCUT2D eigenvalue weighted by Crippen LogP contribution is -2.46. The number of hydrogen-bond acceptors (Lipinski definition) is 4. The number of aliphatic hydroxyl groups is 1. The molecule has 2 rings (SSSR count). The Labute approximate surface area is 87.5 Å². The van der Waals surface area contributed by atoms with Gasteiger partial charge in [0, 0.05) is 6.04 Å². The van der Waals surface area contributed by atoms with Crippen molar-refractivity contribution in [2.75, 3.05) is 0 Å². The fraction of sp³-hybridized carbons (Fsp3) is 0.600. The van der Waals surface area contributed by atoms with Crippen LogP contribution in [0.15, 0.2) is 4.52 Å². The summed E-state index contributed by atoms with van der Waals surface area (Å²) >= 11 is 0. The highest BCUT2D eigenvalue weighted by atomic mass is 16.5. The van der Waals surface area contributed by atoms with E-state index in [-0.39, 0.29) is 18.1 Å². The normalized spacial score (nSPS) is 24.7. The molecule has 15 heavy (non-hydrogen) atoms. The number of carbonyl (C=O) groups excluding carboxylic acids is 1. The SMILES string of the molecule is Cc1noc(C)c1C(=O)NC1CC(O)C1. The summed E-state index contributed by atoms with van der Waals surface area (Å²) in [7, 11) is 0. The number of aromatic nitrogens is 1. The summed E-state index contributed by atoms with van der Waals surface area (Å²) in [6, 6.07) is 0.0844. The molecule has 0 unspecified atom stereocenters. The topological polar surface area (TPSA) is 75.4 Å². The molecule has 0 spiro atoms. The molecule has 1 aromatic rings.